The molecule has 0 spiro atoms. The Morgan fingerprint density at radius 1 is 1.38 bits per heavy atom. The molecule has 0 bridgehead atoms. The van der Waals surface area contributed by atoms with Gasteiger partial charge in [0.1, 0.15) is 5.60 Å². The van der Waals surface area contributed by atoms with Gasteiger partial charge in [-0.05, 0) is 27.2 Å². The van der Waals surface area contributed by atoms with Gasteiger partial charge in [-0.3, -0.25) is 0 Å². The molecule has 0 aromatic carbocycles. The number of hydrogen-bond donors (Lipinski definition) is 1. The number of nitriles is 1. The minimum atomic E-state index is -1.08. The Balaban J connectivity index is 4.50. The van der Waals surface area contributed by atoms with Crippen LogP contribution in [0.2, 0.25) is 0 Å². The molecule has 2 atom stereocenters. The lowest BCUT2D eigenvalue weighted by Gasteiger charge is -2.36. The largest absolute Gasteiger partial charge is 0.386 e. The summed E-state index contributed by atoms with van der Waals surface area (Å²) in [6.45, 7) is 7.93. The molecule has 0 saturated heterocycles. The third kappa shape index (κ3) is 2.68. The first-order valence-electron chi connectivity index (χ1n) is 4.65. The van der Waals surface area contributed by atoms with Gasteiger partial charge >= 0.3 is 0 Å². The maximum Gasteiger partial charge on any atom is 0.103 e. The average Bonchev–Trinajstić information content (AvgIpc) is 2.13. The lowest BCUT2D eigenvalue weighted by atomic mass is 9.74. The maximum absolute atomic E-state index is 10.0. The first-order valence-corrected chi connectivity index (χ1v) is 4.65. The van der Waals surface area contributed by atoms with Gasteiger partial charge in [0.15, 0.2) is 0 Å². The van der Waals surface area contributed by atoms with Crippen LogP contribution in [0.5, 0.6) is 0 Å². The first kappa shape index (κ1) is 12.4. The third-order valence-corrected chi connectivity index (χ3v) is 2.73. The van der Waals surface area contributed by atoms with Gasteiger partial charge in [-0.1, -0.05) is 6.92 Å². The molecule has 0 aliphatic heterocycles. The Bertz CT molecular complexity index is 196. The second-order valence-corrected chi connectivity index (χ2v) is 3.71. The van der Waals surface area contributed by atoms with Crippen LogP contribution in [0.25, 0.3) is 0 Å². The molecule has 0 heterocycles. The van der Waals surface area contributed by atoms with Gasteiger partial charge in [0, 0.05) is 6.61 Å². The van der Waals surface area contributed by atoms with Gasteiger partial charge in [0.25, 0.3) is 0 Å². The van der Waals surface area contributed by atoms with Crippen LogP contribution in [-0.2, 0) is 4.74 Å². The lowest BCUT2D eigenvalue weighted by Crippen LogP contribution is -2.46. The van der Waals surface area contributed by atoms with Crippen molar-refractivity contribution in [3.63, 3.8) is 0 Å². The van der Waals surface area contributed by atoms with E-state index in [2.05, 4.69) is 6.07 Å². The van der Waals surface area contributed by atoms with E-state index >= 15 is 0 Å². The van der Waals surface area contributed by atoms with Crippen LogP contribution in [0.3, 0.4) is 0 Å². The number of ether oxygens (including phenoxy) is 1. The van der Waals surface area contributed by atoms with Gasteiger partial charge in [0.2, 0.25) is 0 Å². The molecule has 3 nitrogen and oxygen atoms in total. The van der Waals surface area contributed by atoms with E-state index < -0.39 is 11.0 Å². The van der Waals surface area contributed by atoms with Crippen LogP contribution in [-0.4, -0.2) is 23.9 Å². The molecule has 0 aromatic rings. The molecule has 13 heavy (non-hydrogen) atoms. The molecular formula is C10H19NO2. The van der Waals surface area contributed by atoms with Gasteiger partial charge in [-0.15, -0.1) is 0 Å². The second kappa shape index (κ2) is 4.59. The second-order valence-electron chi connectivity index (χ2n) is 3.71. The normalized spacial score (nSPS) is 20.0. The summed E-state index contributed by atoms with van der Waals surface area (Å²) in [5.41, 5.74) is -1.81. The zero-order valence-corrected chi connectivity index (χ0v) is 8.92. The van der Waals surface area contributed by atoms with Gasteiger partial charge in [-0.2, -0.15) is 5.26 Å². The highest BCUT2D eigenvalue weighted by Crippen LogP contribution is 2.33. The summed E-state index contributed by atoms with van der Waals surface area (Å²) >= 11 is 0. The Kier molecular flexibility index (Phi) is 4.38. The molecule has 0 aliphatic carbocycles. The van der Waals surface area contributed by atoms with Crippen LogP contribution < -0.4 is 0 Å². The Hall–Kier alpha value is -0.590. The van der Waals surface area contributed by atoms with E-state index in [0.29, 0.717) is 13.0 Å². The zero-order valence-electron chi connectivity index (χ0n) is 8.92. The standard InChI is InChI=1S/C10H19NO2/c1-5-9(3,7-11)10(4,12)8-13-6-2/h12H,5-6,8H2,1-4H3. The fourth-order valence-corrected chi connectivity index (χ4v) is 1.04. The molecule has 0 aromatic heterocycles. The summed E-state index contributed by atoms with van der Waals surface area (Å²) in [5.74, 6) is 0. The summed E-state index contributed by atoms with van der Waals surface area (Å²) in [5, 5.41) is 19.0. The van der Waals surface area contributed by atoms with Gasteiger partial charge in [0.05, 0.1) is 18.1 Å². The highest BCUT2D eigenvalue weighted by atomic mass is 16.5. The smallest absolute Gasteiger partial charge is 0.103 e. The van der Waals surface area contributed by atoms with E-state index in [4.69, 9.17) is 10.00 Å². The molecule has 0 rings (SSSR count). The highest BCUT2D eigenvalue weighted by Gasteiger charge is 2.42. The molecule has 0 amide bonds. The van der Waals surface area contributed by atoms with Crippen LogP contribution in [0.1, 0.15) is 34.1 Å². The van der Waals surface area contributed by atoms with E-state index in [9.17, 15) is 5.11 Å². The molecule has 0 saturated carbocycles. The van der Waals surface area contributed by atoms with Crippen molar-refractivity contribution in [2.45, 2.75) is 39.7 Å². The van der Waals surface area contributed by atoms with Gasteiger partial charge in [-0.25, -0.2) is 0 Å². The molecule has 2 unspecified atom stereocenters. The minimum Gasteiger partial charge on any atom is -0.386 e. The van der Waals surface area contributed by atoms with Crippen molar-refractivity contribution in [2.24, 2.45) is 5.41 Å². The summed E-state index contributed by atoms with van der Waals surface area (Å²) in [6, 6.07) is 2.15. The SMILES string of the molecule is CCOCC(C)(O)C(C)(C#N)CC. The van der Waals surface area contributed by atoms with Crippen molar-refractivity contribution in [3.05, 3.63) is 0 Å². The Labute approximate surface area is 80.3 Å². The quantitative estimate of drug-likeness (QED) is 0.709. The van der Waals surface area contributed by atoms with E-state index in [1.807, 2.05) is 13.8 Å². The fourth-order valence-electron chi connectivity index (χ4n) is 1.04. The zero-order chi connectivity index (χ0) is 10.5. The lowest BCUT2D eigenvalue weighted by molar-refractivity contribution is -0.0916. The minimum absolute atomic E-state index is 0.210. The topological polar surface area (TPSA) is 53.2 Å². The predicted octanol–water partition coefficient (Wildman–Crippen LogP) is 1.71. The highest BCUT2D eigenvalue weighted by molar-refractivity contribution is 5.06. The number of aliphatic hydroxyl groups is 1. The van der Waals surface area contributed by atoms with E-state index in [1.54, 1.807) is 13.8 Å². The summed E-state index contributed by atoms with van der Waals surface area (Å²) in [7, 11) is 0. The molecular weight excluding hydrogens is 166 g/mol. The molecule has 76 valence electrons. The number of hydrogen-bond acceptors (Lipinski definition) is 3. The summed E-state index contributed by atoms with van der Waals surface area (Å²) in [4.78, 5) is 0. The van der Waals surface area contributed by atoms with E-state index in [-0.39, 0.29) is 6.61 Å². The van der Waals surface area contributed by atoms with Crippen LogP contribution in [0, 0.1) is 16.7 Å². The maximum atomic E-state index is 10.0. The van der Waals surface area contributed by atoms with Crippen molar-refractivity contribution in [1.82, 2.24) is 0 Å². The third-order valence-electron chi connectivity index (χ3n) is 2.73. The predicted molar refractivity (Wildman–Crippen MR) is 51.1 cm³/mol. The van der Waals surface area contributed by atoms with Crippen molar-refractivity contribution < 1.29 is 9.84 Å². The molecule has 3 heteroatoms. The Morgan fingerprint density at radius 2 is 1.92 bits per heavy atom. The Morgan fingerprint density at radius 3 is 2.23 bits per heavy atom. The van der Waals surface area contributed by atoms with Crippen molar-refractivity contribution in [1.29, 1.82) is 5.26 Å². The van der Waals surface area contributed by atoms with Crippen LogP contribution >= 0.6 is 0 Å². The van der Waals surface area contributed by atoms with Gasteiger partial charge < -0.3 is 9.84 Å². The van der Waals surface area contributed by atoms with E-state index in [1.165, 1.54) is 0 Å². The number of rotatable bonds is 5. The van der Waals surface area contributed by atoms with Crippen molar-refractivity contribution >= 4 is 0 Å². The summed E-state index contributed by atoms with van der Waals surface area (Å²) < 4.78 is 5.15. The monoisotopic (exact) mass is 185 g/mol. The van der Waals surface area contributed by atoms with E-state index in [0.717, 1.165) is 0 Å². The molecule has 0 aliphatic rings. The average molecular weight is 185 g/mol. The van der Waals surface area contributed by atoms with Crippen LogP contribution in [0.4, 0.5) is 0 Å². The summed E-state index contributed by atoms with van der Waals surface area (Å²) in [6.07, 6.45) is 0.615. The molecule has 1 N–H and O–H groups in total. The van der Waals surface area contributed by atoms with Crippen LogP contribution in [0.15, 0.2) is 0 Å². The first-order chi connectivity index (χ1) is 5.93. The fraction of sp³-hybridized carbons (Fsp3) is 0.900. The molecule has 0 fully saturated rings. The number of nitrogens with zero attached hydrogens (tertiary/aromatic N) is 1. The molecule has 0 radical (unpaired) electrons. The van der Waals surface area contributed by atoms with Crippen molar-refractivity contribution in [2.75, 3.05) is 13.2 Å². The van der Waals surface area contributed by atoms with Crippen molar-refractivity contribution in [3.8, 4) is 6.07 Å².